The van der Waals surface area contributed by atoms with Crippen LogP contribution in [-0.2, 0) is 28.8 Å². The van der Waals surface area contributed by atoms with Crippen molar-refractivity contribution >= 4 is 11.9 Å². The molecule has 0 aromatic heterocycles. The zero-order chi connectivity index (χ0) is 22.0. The van der Waals surface area contributed by atoms with Crippen molar-refractivity contribution in [2.75, 3.05) is 14.2 Å². The zero-order valence-corrected chi connectivity index (χ0v) is 18.4. The topological polar surface area (TPSA) is 91.3 Å². The Hall–Kier alpha value is -1.70. The highest BCUT2D eigenvalue weighted by Crippen LogP contribution is 2.15. The van der Waals surface area contributed by atoms with Crippen LogP contribution in [0, 0.1) is 0 Å². The van der Waals surface area contributed by atoms with Gasteiger partial charge in [-0.25, -0.2) is 9.78 Å². The maximum absolute atomic E-state index is 11.3. The number of methoxy groups -OCH3 is 2. The predicted molar refractivity (Wildman–Crippen MR) is 111 cm³/mol. The van der Waals surface area contributed by atoms with Crippen molar-refractivity contribution in [1.29, 1.82) is 0 Å². The predicted octanol–water partition coefficient (Wildman–Crippen LogP) is 4.96. The monoisotopic (exact) mass is 414 g/mol. The second-order valence-electron chi connectivity index (χ2n) is 7.30. The van der Waals surface area contributed by atoms with Gasteiger partial charge in [0.1, 0.15) is 6.10 Å². The van der Waals surface area contributed by atoms with Crippen molar-refractivity contribution in [1.82, 2.24) is 0 Å². The van der Waals surface area contributed by atoms with E-state index in [0.717, 1.165) is 38.5 Å². The number of unbranched alkanes of at least 4 members (excludes halogenated alkanes) is 5. The highest BCUT2D eigenvalue weighted by atomic mass is 17.2. The number of carbonyl (C=O) groups is 2. The average Bonchev–Trinajstić information content (AvgIpc) is 2.69. The lowest BCUT2D eigenvalue weighted by molar-refractivity contribution is -0.425. The van der Waals surface area contributed by atoms with Gasteiger partial charge < -0.3 is 14.6 Å². The summed E-state index contributed by atoms with van der Waals surface area (Å²) in [6, 6.07) is 0. The number of aliphatic carboxylic acids is 1. The summed E-state index contributed by atoms with van der Waals surface area (Å²) in [5.41, 5.74) is 0. The van der Waals surface area contributed by atoms with Crippen LogP contribution >= 0.6 is 0 Å². The fourth-order valence-corrected chi connectivity index (χ4v) is 2.37. The molecule has 0 aromatic rings. The summed E-state index contributed by atoms with van der Waals surface area (Å²) in [5.74, 6) is -1.81. The number of carboxylic acid groups (broad SMARTS) is 1. The lowest BCUT2D eigenvalue weighted by atomic mass is 10.1. The molecule has 0 rings (SSSR count). The standard InChI is InChI=1S/C22H38O7/c1-22(2,27-4)29-28-19(16-14-18-21(25)26-3)15-12-10-8-6-5-7-9-11-13-17-20(23)24/h8,10,12,15,19H,5-7,9,11,13-14,16-18H2,1-4H3,(H,23,24)/b10-8-,15-12+/t19-/m1/s1. The molecule has 0 spiro atoms. The van der Waals surface area contributed by atoms with Gasteiger partial charge in [-0.2, -0.15) is 0 Å². The first kappa shape index (κ1) is 27.3. The average molecular weight is 415 g/mol. The molecule has 0 saturated heterocycles. The highest BCUT2D eigenvalue weighted by molar-refractivity contribution is 5.69. The van der Waals surface area contributed by atoms with E-state index in [-0.39, 0.29) is 18.5 Å². The maximum atomic E-state index is 11.3. The van der Waals surface area contributed by atoms with Crippen molar-refractivity contribution in [2.45, 2.75) is 89.9 Å². The van der Waals surface area contributed by atoms with Crippen molar-refractivity contribution in [3.63, 3.8) is 0 Å². The second-order valence-corrected chi connectivity index (χ2v) is 7.30. The van der Waals surface area contributed by atoms with Gasteiger partial charge in [-0.3, -0.25) is 9.59 Å². The van der Waals surface area contributed by atoms with Crippen LogP contribution in [0.4, 0.5) is 0 Å². The second kappa shape index (κ2) is 17.2. The largest absolute Gasteiger partial charge is 0.481 e. The fourth-order valence-electron chi connectivity index (χ4n) is 2.37. The summed E-state index contributed by atoms with van der Waals surface area (Å²) in [5, 5.41) is 8.59. The molecule has 7 heteroatoms. The quantitative estimate of drug-likeness (QED) is 0.0846. The Morgan fingerprint density at radius 3 is 2.31 bits per heavy atom. The number of carboxylic acids is 1. The Labute approximate surface area is 175 Å². The summed E-state index contributed by atoms with van der Waals surface area (Å²) < 4.78 is 9.83. The maximum Gasteiger partial charge on any atom is 0.305 e. The number of ether oxygens (including phenoxy) is 2. The third-order valence-electron chi connectivity index (χ3n) is 4.30. The molecule has 0 radical (unpaired) electrons. The molecule has 0 unspecified atom stereocenters. The molecule has 1 atom stereocenters. The Morgan fingerprint density at radius 1 is 0.966 bits per heavy atom. The minimum Gasteiger partial charge on any atom is -0.481 e. The van der Waals surface area contributed by atoms with Gasteiger partial charge in [-0.15, -0.1) is 0 Å². The van der Waals surface area contributed by atoms with E-state index in [9.17, 15) is 9.59 Å². The smallest absolute Gasteiger partial charge is 0.305 e. The van der Waals surface area contributed by atoms with Gasteiger partial charge in [0.15, 0.2) is 5.79 Å². The van der Waals surface area contributed by atoms with Crippen LogP contribution in [0.5, 0.6) is 0 Å². The number of carbonyl (C=O) groups excluding carboxylic acids is 1. The Bertz CT molecular complexity index is 497. The van der Waals surface area contributed by atoms with E-state index < -0.39 is 11.8 Å². The summed E-state index contributed by atoms with van der Waals surface area (Å²) in [6.45, 7) is 3.51. The minimum absolute atomic E-state index is 0.242. The van der Waals surface area contributed by atoms with Crippen LogP contribution in [0.25, 0.3) is 0 Å². The third kappa shape index (κ3) is 18.1. The molecule has 0 aliphatic carbocycles. The van der Waals surface area contributed by atoms with E-state index in [4.69, 9.17) is 19.6 Å². The summed E-state index contributed by atoms with van der Waals surface area (Å²) in [6.07, 6.45) is 15.4. The highest BCUT2D eigenvalue weighted by Gasteiger charge is 2.20. The van der Waals surface area contributed by atoms with Crippen molar-refractivity contribution in [2.24, 2.45) is 0 Å². The van der Waals surface area contributed by atoms with Crippen molar-refractivity contribution < 1.29 is 33.9 Å². The first-order valence-corrected chi connectivity index (χ1v) is 10.3. The number of hydrogen-bond donors (Lipinski definition) is 1. The number of allylic oxidation sites excluding steroid dienone is 3. The molecule has 168 valence electrons. The van der Waals surface area contributed by atoms with E-state index in [0.29, 0.717) is 19.3 Å². The molecule has 0 aliphatic heterocycles. The molecule has 29 heavy (non-hydrogen) atoms. The molecule has 0 fully saturated rings. The molecule has 7 nitrogen and oxygen atoms in total. The van der Waals surface area contributed by atoms with Crippen LogP contribution in [0.3, 0.4) is 0 Å². The van der Waals surface area contributed by atoms with Gasteiger partial charge >= 0.3 is 11.9 Å². The molecular formula is C22H38O7. The lowest BCUT2D eigenvalue weighted by Crippen LogP contribution is -2.29. The van der Waals surface area contributed by atoms with E-state index in [1.165, 1.54) is 7.11 Å². The van der Waals surface area contributed by atoms with Crippen LogP contribution in [0.15, 0.2) is 24.3 Å². The minimum atomic E-state index is -0.852. The van der Waals surface area contributed by atoms with Crippen LogP contribution < -0.4 is 0 Å². The van der Waals surface area contributed by atoms with Gasteiger partial charge in [0.25, 0.3) is 0 Å². The summed E-state index contributed by atoms with van der Waals surface area (Å²) in [4.78, 5) is 32.5. The normalized spacial score (nSPS) is 13.2. The third-order valence-corrected chi connectivity index (χ3v) is 4.30. The van der Waals surface area contributed by atoms with Crippen LogP contribution in [0.1, 0.15) is 78.1 Å². The first-order chi connectivity index (χ1) is 13.8. The van der Waals surface area contributed by atoms with Gasteiger partial charge in [0.2, 0.25) is 0 Å². The van der Waals surface area contributed by atoms with Crippen LogP contribution in [-0.4, -0.2) is 43.2 Å². The molecular weight excluding hydrogens is 376 g/mol. The molecule has 0 heterocycles. The van der Waals surface area contributed by atoms with Gasteiger partial charge in [0, 0.05) is 20.0 Å². The van der Waals surface area contributed by atoms with Crippen molar-refractivity contribution in [3.05, 3.63) is 24.3 Å². The van der Waals surface area contributed by atoms with Crippen LogP contribution in [0.2, 0.25) is 0 Å². The Morgan fingerprint density at radius 2 is 1.66 bits per heavy atom. The zero-order valence-electron chi connectivity index (χ0n) is 18.4. The molecule has 0 saturated carbocycles. The molecule has 1 N–H and O–H groups in total. The van der Waals surface area contributed by atoms with Crippen molar-refractivity contribution in [3.8, 4) is 0 Å². The Kier molecular flexibility index (Phi) is 16.2. The number of esters is 1. The lowest BCUT2D eigenvalue weighted by Gasteiger charge is -2.24. The number of hydrogen-bond acceptors (Lipinski definition) is 6. The Balaban J connectivity index is 4.17. The summed E-state index contributed by atoms with van der Waals surface area (Å²) >= 11 is 0. The van der Waals surface area contributed by atoms with Gasteiger partial charge in [-0.1, -0.05) is 43.6 Å². The SMILES string of the molecule is COC(=O)CCC[C@@H](/C=C/C=C\CCCCCCCC(=O)O)OOC(C)(C)OC. The fraction of sp³-hybridized carbons (Fsp3) is 0.727. The van der Waals surface area contributed by atoms with E-state index in [2.05, 4.69) is 10.8 Å². The van der Waals surface area contributed by atoms with E-state index in [1.54, 1.807) is 21.0 Å². The summed E-state index contributed by atoms with van der Waals surface area (Å²) in [7, 11) is 2.92. The molecule has 0 amide bonds. The van der Waals surface area contributed by atoms with E-state index in [1.807, 2.05) is 18.2 Å². The van der Waals surface area contributed by atoms with Gasteiger partial charge in [0.05, 0.1) is 7.11 Å². The van der Waals surface area contributed by atoms with Gasteiger partial charge in [-0.05, 0) is 46.0 Å². The number of rotatable bonds is 18. The molecule has 0 aliphatic rings. The molecule has 0 aromatic carbocycles. The first-order valence-electron chi connectivity index (χ1n) is 10.3. The van der Waals surface area contributed by atoms with E-state index >= 15 is 0 Å². The molecule has 0 bridgehead atoms.